The summed E-state index contributed by atoms with van der Waals surface area (Å²) >= 11 is 0. The van der Waals surface area contributed by atoms with Crippen LogP contribution in [0.25, 0.3) is 11.1 Å². The monoisotopic (exact) mass is 217 g/mol. The quantitative estimate of drug-likeness (QED) is 0.848. The second kappa shape index (κ2) is 4.37. The Morgan fingerprint density at radius 2 is 2.06 bits per heavy atom. The summed E-state index contributed by atoms with van der Waals surface area (Å²) in [6.45, 7) is 0.425. The van der Waals surface area contributed by atoms with Crippen LogP contribution < -0.4 is 10.5 Å². The number of para-hydroxylation sites is 1. The molecule has 2 aromatic rings. The summed E-state index contributed by atoms with van der Waals surface area (Å²) in [5.41, 5.74) is 8.61. The SMILES string of the molecule is COc1ccccc1-c1cn(C)nc1CN. The molecule has 0 saturated carbocycles. The van der Waals surface area contributed by atoms with Crippen molar-refractivity contribution >= 4 is 0 Å². The molecule has 0 bridgehead atoms. The molecular formula is C12H15N3O. The lowest BCUT2D eigenvalue weighted by molar-refractivity contribution is 0.416. The van der Waals surface area contributed by atoms with Gasteiger partial charge in [-0.15, -0.1) is 0 Å². The van der Waals surface area contributed by atoms with Gasteiger partial charge in [-0.3, -0.25) is 4.68 Å². The van der Waals surface area contributed by atoms with Crippen LogP contribution in [0.3, 0.4) is 0 Å². The van der Waals surface area contributed by atoms with Crippen molar-refractivity contribution < 1.29 is 4.74 Å². The minimum absolute atomic E-state index is 0.425. The number of aryl methyl sites for hydroxylation is 1. The van der Waals surface area contributed by atoms with E-state index in [-0.39, 0.29) is 0 Å². The molecule has 0 atom stereocenters. The fourth-order valence-electron chi connectivity index (χ4n) is 1.78. The van der Waals surface area contributed by atoms with E-state index in [9.17, 15) is 0 Å². The van der Waals surface area contributed by atoms with E-state index in [4.69, 9.17) is 10.5 Å². The first kappa shape index (κ1) is 10.7. The van der Waals surface area contributed by atoms with Crippen molar-refractivity contribution in [1.82, 2.24) is 9.78 Å². The van der Waals surface area contributed by atoms with Gasteiger partial charge in [0.25, 0.3) is 0 Å². The molecule has 0 unspecified atom stereocenters. The molecule has 0 aliphatic heterocycles. The van der Waals surface area contributed by atoms with Crippen LogP contribution in [0.1, 0.15) is 5.69 Å². The first-order valence-electron chi connectivity index (χ1n) is 5.12. The van der Waals surface area contributed by atoms with Gasteiger partial charge in [0, 0.05) is 30.9 Å². The second-order valence-corrected chi connectivity index (χ2v) is 3.57. The number of hydrogen-bond acceptors (Lipinski definition) is 3. The number of ether oxygens (including phenoxy) is 1. The number of methoxy groups -OCH3 is 1. The van der Waals surface area contributed by atoms with Gasteiger partial charge in [0.1, 0.15) is 5.75 Å². The summed E-state index contributed by atoms with van der Waals surface area (Å²) in [6, 6.07) is 7.86. The van der Waals surface area contributed by atoms with Crippen molar-refractivity contribution in [2.24, 2.45) is 12.8 Å². The lowest BCUT2D eigenvalue weighted by Crippen LogP contribution is -2.00. The summed E-state index contributed by atoms with van der Waals surface area (Å²) in [5, 5.41) is 4.32. The average molecular weight is 217 g/mol. The molecule has 0 amide bonds. The lowest BCUT2D eigenvalue weighted by atomic mass is 10.1. The fourth-order valence-corrected chi connectivity index (χ4v) is 1.78. The highest BCUT2D eigenvalue weighted by Crippen LogP contribution is 2.31. The normalized spacial score (nSPS) is 10.4. The minimum atomic E-state index is 0.425. The predicted molar refractivity (Wildman–Crippen MR) is 63.1 cm³/mol. The highest BCUT2D eigenvalue weighted by atomic mass is 16.5. The molecule has 0 spiro atoms. The summed E-state index contributed by atoms with van der Waals surface area (Å²) in [5.74, 6) is 0.838. The third-order valence-electron chi connectivity index (χ3n) is 2.50. The van der Waals surface area contributed by atoms with Crippen LogP contribution in [0.5, 0.6) is 5.75 Å². The number of nitrogens with two attached hydrogens (primary N) is 1. The van der Waals surface area contributed by atoms with Gasteiger partial charge in [0.05, 0.1) is 12.8 Å². The van der Waals surface area contributed by atoms with Crippen molar-refractivity contribution in [2.75, 3.05) is 7.11 Å². The zero-order valence-corrected chi connectivity index (χ0v) is 9.47. The largest absolute Gasteiger partial charge is 0.496 e. The average Bonchev–Trinajstić information content (AvgIpc) is 2.70. The molecule has 16 heavy (non-hydrogen) atoms. The number of nitrogens with zero attached hydrogens (tertiary/aromatic N) is 2. The summed E-state index contributed by atoms with van der Waals surface area (Å²) in [6.07, 6.45) is 1.96. The topological polar surface area (TPSA) is 53.1 Å². The van der Waals surface area contributed by atoms with Gasteiger partial charge in [-0.1, -0.05) is 18.2 Å². The number of rotatable bonds is 3. The highest BCUT2D eigenvalue weighted by Gasteiger charge is 2.12. The van der Waals surface area contributed by atoms with Gasteiger partial charge < -0.3 is 10.5 Å². The molecular weight excluding hydrogens is 202 g/mol. The van der Waals surface area contributed by atoms with Gasteiger partial charge in [0.2, 0.25) is 0 Å². The van der Waals surface area contributed by atoms with Gasteiger partial charge in [-0.05, 0) is 6.07 Å². The van der Waals surface area contributed by atoms with Crippen molar-refractivity contribution in [2.45, 2.75) is 6.54 Å². The molecule has 1 aromatic heterocycles. The fraction of sp³-hybridized carbons (Fsp3) is 0.250. The van der Waals surface area contributed by atoms with Crippen LogP contribution in [0.15, 0.2) is 30.5 Å². The van der Waals surface area contributed by atoms with Gasteiger partial charge in [-0.2, -0.15) is 5.10 Å². The maximum absolute atomic E-state index is 5.68. The molecule has 0 fully saturated rings. The molecule has 84 valence electrons. The maximum Gasteiger partial charge on any atom is 0.126 e. The van der Waals surface area contributed by atoms with Gasteiger partial charge in [0.15, 0.2) is 0 Å². The second-order valence-electron chi connectivity index (χ2n) is 3.57. The molecule has 4 nitrogen and oxygen atoms in total. The van der Waals surface area contributed by atoms with Crippen LogP contribution in [-0.2, 0) is 13.6 Å². The van der Waals surface area contributed by atoms with E-state index in [1.807, 2.05) is 37.5 Å². The van der Waals surface area contributed by atoms with E-state index in [1.54, 1.807) is 11.8 Å². The molecule has 0 saturated heterocycles. The minimum Gasteiger partial charge on any atom is -0.496 e. The summed E-state index contributed by atoms with van der Waals surface area (Å²) in [4.78, 5) is 0. The molecule has 0 radical (unpaired) electrons. The van der Waals surface area contributed by atoms with Crippen LogP contribution in [0, 0.1) is 0 Å². The number of aromatic nitrogens is 2. The van der Waals surface area contributed by atoms with Gasteiger partial charge >= 0.3 is 0 Å². The van der Waals surface area contributed by atoms with Crippen molar-refractivity contribution in [3.8, 4) is 16.9 Å². The number of hydrogen-bond donors (Lipinski definition) is 1. The molecule has 0 aliphatic rings. The third kappa shape index (κ3) is 1.79. The van der Waals surface area contributed by atoms with Crippen LogP contribution >= 0.6 is 0 Å². The zero-order valence-electron chi connectivity index (χ0n) is 9.47. The number of benzene rings is 1. The first-order valence-corrected chi connectivity index (χ1v) is 5.12. The molecule has 2 rings (SSSR count). The van der Waals surface area contributed by atoms with Crippen LogP contribution in [-0.4, -0.2) is 16.9 Å². The Balaban J connectivity index is 2.57. The van der Waals surface area contributed by atoms with Crippen LogP contribution in [0.2, 0.25) is 0 Å². The maximum atomic E-state index is 5.68. The standard InChI is InChI=1S/C12H15N3O/c1-15-8-10(11(7-13)14-15)9-5-3-4-6-12(9)16-2/h3-6,8H,7,13H2,1-2H3. The molecule has 1 heterocycles. The Bertz CT molecular complexity index is 491. The van der Waals surface area contributed by atoms with Crippen molar-refractivity contribution in [3.63, 3.8) is 0 Å². The molecule has 1 aromatic carbocycles. The lowest BCUT2D eigenvalue weighted by Gasteiger charge is -2.07. The van der Waals surface area contributed by atoms with Crippen LogP contribution in [0.4, 0.5) is 0 Å². The summed E-state index contributed by atoms with van der Waals surface area (Å²) in [7, 11) is 3.55. The Kier molecular flexibility index (Phi) is 2.92. The zero-order chi connectivity index (χ0) is 11.5. The van der Waals surface area contributed by atoms with E-state index >= 15 is 0 Å². The molecule has 4 heteroatoms. The Morgan fingerprint density at radius 1 is 1.31 bits per heavy atom. The van der Waals surface area contributed by atoms with E-state index in [0.29, 0.717) is 6.54 Å². The molecule has 0 aliphatic carbocycles. The van der Waals surface area contributed by atoms with Crippen molar-refractivity contribution in [3.05, 3.63) is 36.2 Å². The van der Waals surface area contributed by atoms with E-state index in [2.05, 4.69) is 5.10 Å². The Labute approximate surface area is 94.6 Å². The van der Waals surface area contributed by atoms with Crippen molar-refractivity contribution in [1.29, 1.82) is 0 Å². The molecule has 2 N–H and O–H groups in total. The smallest absolute Gasteiger partial charge is 0.126 e. The Hall–Kier alpha value is -1.81. The Morgan fingerprint density at radius 3 is 2.75 bits per heavy atom. The summed E-state index contributed by atoms with van der Waals surface area (Å²) < 4.78 is 7.10. The first-order chi connectivity index (χ1) is 7.76. The third-order valence-corrected chi connectivity index (χ3v) is 2.50. The van der Waals surface area contributed by atoms with E-state index < -0.39 is 0 Å². The predicted octanol–water partition coefficient (Wildman–Crippen LogP) is 1.55. The van der Waals surface area contributed by atoms with E-state index in [1.165, 1.54) is 0 Å². The van der Waals surface area contributed by atoms with E-state index in [0.717, 1.165) is 22.6 Å². The highest BCUT2D eigenvalue weighted by molar-refractivity contribution is 5.71. The van der Waals surface area contributed by atoms with Gasteiger partial charge in [-0.25, -0.2) is 0 Å².